The zero-order chi connectivity index (χ0) is 17.9. The van der Waals surface area contributed by atoms with Crippen molar-refractivity contribution in [3.8, 4) is 0 Å². The second-order valence-corrected chi connectivity index (χ2v) is 7.50. The number of halogens is 1. The van der Waals surface area contributed by atoms with Gasteiger partial charge >= 0.3 is 0 Å². The molecule has 4 heteroatoms. The summed E-state index contributed by atoms with van der Waals surface area (Å²) < 4.78 is 0. The topological polar surface area (TPSA) is 44.9 Å². The average Bonchev–Trinajstić information content (AvgIpc) is 3.33. The monoisotopic (exact) mass is 366 g/mol. The van der Waals surface area contributed by atoms with Crippen LogP contribution < -0.4 is 5.32 Å². The van der Waals surface area contributed by atoms with E-state index < -0.39 is 0 Å². The van der Waals surface area contributed by atoms with E-state index in [9.17, 15) is 4.79 Å². The fourth-order valence-electron chi connectivity index (χ4n) is 4.06. The Morgan fingerprint density at radius 1 is 1.08 bits per heavy atom. The van der Waals surface area contributed by atoms with Gasteiger partial charge in [0, 0.05) is 40.5 Å². The van der Waals surface area contributed by atoms with Crippen LogP contribution in [0.4, 0.5) is 0 Å². The molecule has 1 amide bonds. The number of aromatic amines is 1. The van der Waals surface area contributed by atoms with Gasteiger partial charge in [0.1, 0.15) is 0 Å². The third kappa shape index (κ3) is 3.36. The molecule has 3 nitrogen and oxygen atoms in total. The van der Waals surface area contributed by atoms with Gasteiger partial charge in [-0.3, -0.25) is 4.79 Å². The molecule has 1 atom stereocenters. The van der Waals surface area contributed by atoms with Gasteiger partial charge in [0.25, 0.3) is 0 Å². The van der Waals surface area contributed by atoms with E-state index in [1.54, 1.807) is 0 Å². The van der Waals surface area contributed by atoms with Crippen molar-refractivity contribution in [3.63, 3.8) is 0 Å². The number of nitrogens with one attached hydrogen (secondary N) is 2. The molecule has 0 unspecified atom stereocenters. The first-order valence-electron chi connectivity index (χ1n) is 9.32. The molecular formula is C22H23ClN2O. The van der Waals surface area contributed by atoms with E-state index in [-0.39, 0.29) is 17.7 Å². The molecule has 26 heavy (non-hydrogen) atoms. The van der Waals surface area contributed by atoms with Gasteiger partial charge in [0.15, 0.2) is 0 Å². The molecular weight excluding hydrogens is 344 g/mol. The number of carbonyl (C=O) groups is 1. The SMILES string of the molecule is O=C(NC[C@H](c1ccccc1Cl)c1c[nH]c2ccccc12)C1CCCC1. The minimum Gasteiger partial charge on any atom is -0.361 e. The second-order valence-electron chi connectivity index (χ2n) is 7.09. The smallest absolute Gasteiger partial charge is 0.223 e. The van der Waals surface area contributed by atoms with Gasteiger partial charge in [0.05, 0.1) is 0 Å². The van der Waals surface area contributed by atoms with Crippen molar-refractivity contribution in [1.82, 2.24) is 10.3 Å². The molecule has 0 saturated heterocycles. The largest absolute Gasteiger partial charge is 0.361 e. The van der Waals surface area contributed by atoms with Crippen molar-refractivity contribution < 1.29 is 4.79 Å². The molecule has 2 N–H and O–H groups in total. The number of rotatable bonds is 5. The second kappa shape index (κ2) is 7.55. The van der Waals surface area contributed by atoms with Gasteiger partial charge in [-0.25, -0.2) is 0 Å². The Labute approximate surface area is 158 Å². The summed E-state index contributed by atoms with van der Waals surface area (Å²) in [6, 6.07) is 16.2. The number of aromatic nitrogens is 1. The first kappa shape index (κ1) is 17.2. The van der Waals surface area contributed by atoms with Crippen LogP contribution in [0.3, 0.4) is 0 Å². The highest BCUT2D eigenvalue weighted by atomic mass is 35.5. The Balaban J connectivity index is 1.66. The van der Waals surface area contributed by atoms with Crippen molar-refractivity contribution >= 4 is 28.4 Å². The molecule has 0 spiro atoms. The first-order chi connectivity index (χ1) is 12.7. The number of fused-ring (bicyclic) bond motifs is 1. The summed E-state index contributed by atoms with van der Waals surface area (Å²) in [4.78, 5) is 15.9. The summed E-state index contributed by atoms with van der Waals surface area (Å²) in [5.74, 6) is 0.370. The lowest BCUT2D eigenvalue weighted by Gasteiger charge is -2.20. The van der Waals surface area contributed by atoms with E-state index in [0.717, 1.165) is 41.8 Å². The summed E-state index contributed by atoms with van der Waals surface area (Å²) in [5, 5.41) is 5.10. The van der Waals surface area contributed by atoms with Crippen LogP contribution in [0.2, 0.25) is 5.02 Å². The van der Waals surface area contributed by atoms with Gasteiger partial charge in [-0.2, -0.15) is 0 Å². The molecule has 1 aliphatic rings. The predicted molar refractivity (Wildman–Crippen MR) is 107 cm³/mol. The maximum Gasteiger partial charge on any atom is 0.223 e. The van der Waals surface area contributed by atoms with E-state index in [1.807, 2.05) is 36.5 Å². The minimum absolute atomic E-state index is 0.0187. The van der Waals surface area contributed by atoms with Crippen molar-refractivity contribution in [3.05, 3.63) is 70.9 Å². The molecule has 134 valence electrons. The maximum absolute atomic E-state index is 12.5. The zero-order valence-electron chi connectivity index (χ0n) is 14.7. The molecule has 1 heterocycles. The molecule has 1 fully saturated rings. The molecule has 1 saturated carbocycles. The molecule has 0 radical (unpaired) electrons. The average molecular weight is 367 g/mol. The van der Waals surface area contributed by atoms with Gasteiger partial charge in [0.2, 0.25) is 5.91 Å². The van der Waals surface area contributed by atoms with Crippen LogP contribution in [0.25, 0.3) is 10.9 Å². The van der Waals surface area contributed by atoms with Crippen LogP contribution >= 0.6 is 11.6 Å². The van der Waals surface area contributed by atoms with E-state index in [1.165, 1.54) is 10.9 Å². The van der Waals surface area contributed by atoms with Crippen LogP contribution in [0.1, 0.15) is 42.7 Å². The highest BCUT2D eigenvalue weighted by Gasteiger charge is 2.25. The van der Waals surface area contributed by atoms with Crippen LogP contribution in [-0.4, -0.2) is 17.4 Å². The Morgan fingerprint density at radius 3 is 2.62 bits per heavy atom. The number of para-hydroxylation sites is 1. The summed E-state index contributed by atoms with van der Waals surface area (Å²) in [6.07, 6.45) is 6.38. The lowest BCUT2D eigenvalue weighted by Crippen LogP contribution is -2.33. The zero-order valence-corrected chi connectivity index (χ0v) is 15.4. The van der Waals surface area contributed by atoms with E-state index in [4.69, 9.17) is 11.6 Å². The lowest BCUT2D eigenvalue weighted by molar-refractivity contribution is -0.124. The van der Waals surface area contributed by atoms with Gasteiger partial charge < -0.3 is 10.3 Å². The van der Waals surface area contributed by atoms with Gasteiger partial charge in [-0.05, 0) is 36.1 Å². The molecule has 4 rings (SSSR count). The Hall–Kier alpha value is -2.26. The summed E-state index contributed by atoms with van der Waals surface area (Å²) in [7, 11) is 0. The van der Waals surface area contributed by atoms with Crippen LogP contribution in [0.5, 0.6) is 0 Å². The van der Waals surface area contributed by atoms with Crippen molar-refractivity contribution in [2.24, 2.45) is 5.92 Å². The quantitative estimate of drug-likeness (QED) is 0.635. The maximum atomic E-state index is 12.5. The van der Waals surface area contributed by atoms with Crippen molar-refractivity contribution in [1.29, 1.82) is 0 Å². The number of benzene rings is 2. The normalized spacial score (nSPS) is 16.0. The summed E-state index contributed by atoms with van der Waals surface area (Å²) in [5.41, 5.74) is 3.31. The molecule has 0 aliphatic heterocycles. The van der Waals surface area contributed by atoms with Crippen LogP contribution in [0.15, 0.2) is 54.7 Å². The Morgan fingerprint density at radius 2 is 1.81 bits per heavy atom. The number of hydrogen-bond acceptors (Lipinski definition) is 1. The molecule has 1 aromatic heterocycles. The fourth-order valence-corrected chi connectivity index (χ4v) is 4.33. The number of H-pyrrole nitrogens is 1. The first-order valence-corrected chi connectivity index (χ1v) is 9.70. The third-order valence-electron chi connectivity index (χ3n) is 5.48. The minimum atomic E-state index is 0.0187. The summed E-state index contributed by atoms with van der Waals surface area (Å²) >= 11 is 6.51. The Kier molecular flexibility index (Phi) is 4.98. The van der Waals surface area contributed by atoms with Crippen molar-refractivity contribution in [2.75, 3.05) is 6.54 Å². The highest BCUT2D eigenvalue weighted by molar-refractivity contribution is 6.31. The molecule has 1 aliphatic carbocycles. The number of carbonyl (C=O) groups excluding carboxylic acids is 1. The van der Waals surface area contributed by atoms with E-state index >= 15 is 0 Å². The molecule has 0 bridgehead atoms. The van der Waals surface area contributed by atoms with E-state index in [0.29, 0.717) is 6.54 Å². The van der Waals surface area contributed by atoms with E-state index in [2.05, 4.69) is 28.5 Å². The van der Waals surface area contributed by atoms with Crippen LogP contribution in [0, 0.1) is 5.92 Å². The number of amides is 1. The number of hydrogen-bond donors (Lipinski definition) is 2. The summed E-state index contributed by atoms with van der Waals surface area (Å²) in [6.45, 7) is 0.556. The highest BCUT2D eigenvalue weighted by Crippen LogP contribution is 2.34. The van der Waals surface area contributed by atoms with Crippen LogP contribution in [-0.2, 0) is 4.79 Å². The fraction of sp³-hybridized carbons (Fsp3) is 0.318. The standard InChI is InChI=1S/C22H23ClN2O/c23-20-11-5-3-9-16(20)18(14-25-22(26)15-7-1-2-8-15)19-13-24-21-12-6-4-10-17(19)21/h3-6,9-13,15,18,24H,1-2,7-8,14H2,(H,25,26)/t18-/m1/s1. The third-order valence-corrected chi connectivity index (χ3v) is 5.83. The van der Waals surface area contributed by atoms with Crippen molar-refractivity contribution in [2.45, 2.75) is 31.6 Å². The molecule has 2 aromatic carbocycles. The van der Waals surface area contributed by atoms with Gasteiger partial charge in [-0.15, -0.1) is 0 Å². The van der Waals surface area contributed by atoms with Gasteiger partial charge in [-0.1, -0.05) is 60.8 Å². The lowest BCUT2D eigenvalue weighted by atomic mass is 9.90. The predicted octanol–water partition coefficient (Wildman–Crippen LogP) is 5.26. The Bertz CT molecular complexity index is 911. The molecule has 3 aromatic rings.